The topological polar surface area (TPSA) is 44.5 Å². The Morgan fingerprint density at radius 2 is 1.85 bits per heavy atom. The van der Waals surface area contributed by atoms with Crippen LogP contribution in [-0.4, -0.2) is 14.2 Å². The molecule has 1 unspecified atom stereocenters. The number of benzene rings is 2. The van der Waals surface area contributed by atoms with E-state index in [1.54, 1.807) is 44.6 Å². The molecule has 0 fully saturated rings. The lowest BCUT2D eigenvalue weighted by atomic mass is 9.98. The Labute approximate surface area is 118 Å². The van der Waals surface area contributed by atoms with E-state index in [4.69, 9.17) is 15.2 Å². The first-order valence-corrected chi connectivity index (χ1v) is 6.36. The highest BCUT2D eigenvalue weighted by Gasteiger charge is 2.15. The second kappa shape index (κ2) is 6.39. The molecular weight excluding hydrogens is 257 g/mol. The summed E-state index contributed by atoms with van der Waals surface area (Å²) in [5.41, 5.74) is 7.58. The summed E-state index contributed by atoms with van der Waals surface area (Å²) in [6.45, 7) is 0. The summed E-state index contributed by atoms with van der Waals surface area (Å²) in [7, 11) is 3.18. The molecule has 2 N–H and O–H groups in total. The molecular formula is C16H18FNO2. The minimum absolute atomic E-state index is 0.246. The molecule has 20 heavy (non-hydrogen) atoms. The van der Waals surface area contributed by atoms with Crippen molar-refractivity contribution < 1.29 is 13.9 Å². The van der Waals surface area contributed by atoms with E-state index in [1.165, 1.54) is 6.07 Å². The fourth-order valence-corrected chi connectivity index (χ4v) is 2.14. The number of hydrogen-bond acceptors (Lipinski definition) is 3. The van der Waals surface area contributed by atoms with Crippen LogP contribution in [0.4, 0.5) is 4.39 Å². The zero-order valence-electron chi connectivity index (χ0n) is 11.6. The van der Waals surface area contributed by atoms with Crippen molar-refractivity contribution in [2.24, 2.45) is 5.73 Å². The molecule has 0 saturated heterocycles. The second-order valence-corrected chi connectivity index (χ2v) is 4.51. The van der Waals surface area contributed by atoms with Crippen LogP contribution in [0.5, 0.6) is 11.5 Å². The van der Waals surface area contributed by atoms with Gasteiger partial charge in [0.25, 0.3) is 0 Å². The molecule has 0 amide bonds. The Kier molecular flexibility index (Phi) is 4.58. The Balaban J connectivity index is 2.28. The molecule has 2 rings (SSSR count). The van der Waals surface area contributed by atoms with Gasteiger partial charge in [-0.05, 0) is 36.2 Å². The van der Waals surface area contributed by atoms with Crippen molar-refractivity contribution in [3.63, 3.8) is 0 Å². The molecule has 0 radical (unpaired) electrons. The molecule has 0 spiro atoms. The van der Waals surface area contributed by atoms with Crippen molar-refractivity contribution in [3.05, 3.63) is 59.4 Å². The number of nitrogens with two attached hydrogens (primary N) is 1. The van der Waals surface area contributed by atoms with Crippen LogP contribution in [0.15, 0.2) is 42.5 Å². The summed E-state index contributed by atoms with van der Waals surface area (Å²) < 4.78 is 24.2. The van der Waals surface area contributed by atoms with Crippen LogP contribution in [0.1, 0.15) is 17.2 Å². The second-order valence-electron chi connectivity index (χ2n) is 4.51. The van der Waals surface area contributed by atoms with Gasteiger partial charge in [0.15, 0.2) is 0 Å². The van der Waals surface area contributed by atoms with E-state index in [1.807, 2.05) is 6.07 Å². The Hall–Kier alpha value is -2.07. The van der Waals surface area contributed by atoms with Gasteiger partial charge in [0.2, 0.25) is 0 Å². The first-order valence-electron chi connectivity index (χ1n) is 6.36. The third kappa shape index (κ3) is 3.08. The van der Waals surface area contributed by atoms with Crippen LogP contribution in [-0.2, 0) is 6.42 Å². The monoisotopic (exact) mass is 275 g/mol. The number of methoxy groups -OCH3 is 2. The Morgan fingerprint density at radius 3 is 2.50 bits per heavy atom. The minimum atomic E-state index is -0.364. The van der Waals surface area contributed by atoms with Gasteiger partial charge in [0, 0.05) is 11.6 Å². The summed E-state index contributed by atoms with van der Waals surface area (Å²) >= 11 is 0. The third-order valence-electron chi connectivity index (χ3n) is 3.23. The van der Waals surface area contributed by atoms with E-state index in [2.05, 4.69) is 0 Å². The zero-order chi connectivity index (χ0) is 14.5. The Morgan fingerprint density at radius 1 is 1.10 bits per heavy atom. The van der Waals surface area contributed by atoms with Gasteiger partial charge >= 0.3 is 0 Å². The number of ether oxygens (including phenoxy) is 2. The summed E-state index contributed by atoms with van der Waals surface area (Å²) in [6, 6.07) is 11.7. The van der Waals surface area contributed by atoms with Crippen molar-refractivity contribution >= 4 is 0 Å². The lowest BCUT2D eigenvalue weighted by molar-refractivity contribution is 0.395. The van der Waals surface area contributed by atoms with Gasteiger partial charge in [-0.3, -0.25) is 0 Å². The average molecular weight is 275 g/mol. The third-order valence-corrected chi connectivity index (χ3v) is 3.23. The average Bonchev–Trinajstić information content (AvgIpc) is 2.48. The molecule has 4 heteroatoms. The quantitative estimate of drug-likeness (QED) is 0.912. The van der Waals surface area contributed by atoms with Gasteiger partial charge in [-0.15, -0.1) is 0 Å². The first kappa shape index (κ1) is 14.3. The largest absolute Gasteiger partial charge is 0.497 e. The van der Waals surface area contributed by atoms with Gasteiger partial charge in [0.05, 0.1) is 14.2 Å². The van der Waals surface area contributed by atoms with Gasteiger partial charge in [0.1, 0.15) is 17.3 Å². The van der Waals surface area contributed by atoms with Crippen LogP contribution in [0, 0.1) is 5.82 Å². The predicted octanol–water partition coefficient (Wildman–Crippen LogP) is 3.09. The molecule has 106 valence electrons. The SMILES string of the molecule is COc1ccc(OC)c(C(N)Cc2ccccc2F)c1. The normalized spacial score (nSPS) is 12.0. The smallest absolute Gasteiger partial charge is 0.126 e. The standard InChI is InChI=1S/C16H18FNO2/c1-19-12-7-8-16(20-2)13(10-12)15(18)9-11-5-3-4-6-14(11)17/h3-8,10,15H,9,18H2,1-2H3. The molecule has 3 nitrogen and oxygen atoms in total. The maximum Gasteiger partial charge on any atom is 0.126 e. The highest BCUT2D eigenvalue weighted by atomic mass is 19.1. The Bertz CT molecular complexity index is 586. The van der Waals surface area contributed by atoms with Crippen LogP contribution in [0.25, 0.3) is 0 Å². The van der Waals surface area contributed by atoms with E-state index in [0.29, 0.717) is 23.5 Å². The first-order chi connectivity index (χ1) is 9.65. The molecule has 1 atom stereocenters. The van der Waals surface area contributed by atoms with Gasteiger partial charge in [-0.2, -0.15) is 0 Å². The summed E-state index contributed by atoms with van der Waals surface area (Å²) in [4.78, 5) is 0. The molecule has 0 aliphatic rings. The zero-order valence-corrected chi connectivity index (χ0v) is 11.6. The minimum Gasteiger partial charge on any atom is -0.497 e. The maximum atomic E-state index is 13.7. The van der Waals surface area contributed by atoms with Crippen LogP contribution < -0.4 is 15.2 Å². The van der Waals surface area contributed by atoms with Crippen molar-refractivity contribution in [2.45, 2.75) is 12.5 Å². The van der Waals surface area contributed by atoms with Crippen molar-refractivity contribution in [3.8, 4) is 11.5 Å². The van der Waals surface area contributed by atoms with E-state index < -0.39 is 0 Å². The summed E-state index contributed by atoms with van der Waals surface area (Å²) in [5, 5.41) is 0. The van der Waals surface area contributed by atoms with Crippen LogP contribution >= 0.6 is 0 Å². The highest BCUT2D eigenvalue weighted by Crippen LogP contribution is 2.30. The number of rotatable bonds is 5. The van der Waals surface area contributed by atoms with E-state index in [0.717, 1.165) is 5.56 Å². The molecule has 0 aliphatic heterocycles. The van der Waals surface area contributed by atoms with Gasteiger partial charge in [-0.1, -0.05) is 18.2 Å². The van der Waals surface area contributed by atoms with E-state index >= 15 is 0 Å². The molecule has 0 aromatic heterocycles. The highest BCUT2D eigenvalue weighted by molar-refractivity contribution is 5.42. The molecule has 2 aromatic carbocycles. The lowest BCUT2D eigenvalue weighted by Crippen LogP contribution is -2.15. The van der Waals surface area contributed by atoms with Crippen molar-refractivity contribution in [1.29, 1.82) is 0 Å². The van der Waals surface area contributed by atoms with E-state index in [9.17, 15) is 4.39 Å². The van der Waals surface area contributed by atoms with Crippen LogP contribution in [0.3, 0.4) is 0 Å². The molecule has 0 aliphatic carbocycles. The fourth-order valence-electron chi connectivity index (χ4n) is 2.14. The number of halogens is 1. The summed E-state index contributed by atoms with van der Waals surface area (Å²) in [6.07, 6.45) is 0.399. The molecule has 0 saturated carbocycles. The van der Waals surface area contributed by atoms with Gasteiger partial charge in [-0.25, -0.2) is 4.39 Å². The van der Waals surface area contributed by atoms with Crippen LogP contribution in [0.2, 0.25) is 0 Å². The van der Waals surface area contributed by atoms with Crippen molar-refractivity contribution in [1.82, 2.24) is 0 Å². The van der Waals surface area contributed by atoms with Gasteiger partial charge < -0.3 is 15.2 Å². The van der Waals surface area contributed by atoms with E-state index in [-0.39, 0.29) is 11.9 Å². The molecule has 0 heterocycles. The fraction of sp³-hybridized carbons (Fsp3) is 0.250. The number of hydrogen-bond donors (Lipinski definition) is 1. The summed E-state index contributed by atoms with van der Waals surface area (Å²) in [5.74, 6) is 1.13. The maximum absolute atomic E-state index is 13.7. The lowest BCUT2D eigenvalue weighted by Gasteiger charge is -2.17. The molecule has 2 aromatic rings. The predicted molar refractivity (Wildman–Crippen MR) is 76.6 cm³/mol. The van der Waals surface area contributed by atoms with Crippen molar-refractivity contribution in [2.75, 3.05) is 14.2 Å². The molecule has 0 bridgehead atoms.